The summed E-state index contributed by atoms with van der Waals surface area (Å²) in [7, 11) is 0. The molecule has 1 unspecified atom stereocenters. The van der Waals surface area contributed by atoms with E-state index in [1.54, 1.807) is 0 Å². The third-order valence-electron chi connectivity index (χ3n) is 3.21. The Balaban J connectivity index is 2.05. The first kappa shape index (κ1) is 14.6. The molecule has 0 saturated carbocycles. The number of carbonyl (C=O) groups is 1. The van der Waals surface area contributed by atoms with E-state index in [0.29, 0.717) is 13.0 Å². The number of carbonyl (C=O) groups excluding carboxylic acids is 1. The van der Waals surface area contributed by atoms with E-state index in [-0.39, 0.29) is 12.0 Å². The molecule has 1 saturated heterocycles. The SMILES string of the molecule is Cc1ccc(NC(=O)CC2CCCO2)c(C#CCN)c1. The lowest BCUT2D eigenvalue weighted by Gasteiger charge is -2.11. The van der Waals surface area contributed by atoms with Crippen LogP contribution in [0.3, 0.4) is 0 Å². The average molecular weight is 272 g/mol. The number of nitrogens with two attached hydrogens (primary N) is 1. The monoisotopic (exact) mass is 272 g/mol. The Hall–Kier alpha value is -1.83. The molecule has 1 aliphatic heterocycles. The van der Waals surface area contributed by atoms with Crippen LogP contribution in [0.15, 0.2) is 18.2 Å². The summed E-state index contributed by atoms with van der Waals surface area (Å²) in [5.41, 5.74) is 8.04. The van der Waals surface area contributed by atoms with Gasteiger partial charge in [-0.3, -0.25) is 4.79 Å². The maximum atomic E-state index is 12.0. The van der Waals surface area contributed by atoms with Crippen LogP contribution < -0.4 is 11.1 Å². The van der Waals surface area contributed by atoms with Crippen LogP contribution in [0.25, 0.3) is 0 Å². The van der Waals surface area contributed by atoms with Gasteiger partial charge in [0.15, 0.2) is 0 Å². The van der Waals surface area contributed by atoms with Gasteiger partial charge in [-0.05, 0) is 37.5 Å². The normalized spacial score (nSPS) is 17.4. The molecule has 20 heavy (non-hydrogen) atoms. The first-order valence-electron chi connectivity index (χ1n) is 6.90. The molecule has 0 aliphatic carbocycles. The van der Waals surface area contributed by atoms with Crippen LogP contribution in [0, 0.1) is 18.8 Å². The van der Waals surface area contributed by atoms with Crippen molar-refractivity contribution in [2.24, 2.45) is 5.73 Å². The van der Waals surface area contributed by atoms with Crippen molar-refractivity contribution in [2.75, 3.05) is 18.5 Å². The molecule has 3 N–H and O–H groups in total. The summed E-state index contributed by atoms with van der Waals surface area (Å²) in [5.74, 6) is 5.78. The van der Waals surface area contributed by atoms with Crippen molar-refractivity contribution in [3.05, 3.63) is 29.3 Å². The molecule has 4 heteroatoms. The lowest BCUT2D eigenvalue weighted by Crippen LogP contribution is -2.19. The van der Waals surface area contributed by atoms with E-state index >= 15 is 0 Å². The highest BCUT2D eigenvalue weighted by molar-refractivity contribution is 5.92. The van der Waals surface area contributed by atoms with E-state index in [2.05, 4.69) is 17.2 Å². The van der Waals surface area contributed by atoms with E-state index in [0.717, 1.165) is 36.3 Å². The Morgan fingerprint density at radius 2 is 2.40 bits per heavy atom. The Morgan fingerprint density at radius 1 is 1.55 bits per heavy atom. The average Bonchev–Trinajstić information content (AvgIpc) is 2.91. The number of aryl methyl sites for hydroxylation is 1. The van der Waals surface area contributed by atoms with Crippen molar-refractivity contribution in [3.8, 4) is 11.8 Å². The summed E-state index contributed by atoms with van der Waals surface area (Å²) in [5, 5.41) is 2.91. The van der Waals surface area contributed by atoms with Crippen LogP contribution in [0.1, 0.15) is 30.4 Å². The van der Waals surface area contributed by atoms with Gasteiger partial charge in [-0.1, -0.05) is 17.9 Å². The van der Waals surface area contributed by atoms with E-state index in [1.807, 2.05) is 25.1 Å². The van der Waals surface area contributed by atoms with Crippen LogP contribution in [0.2, 0.25) is 0 Å². The fourth-order valence-corrected chi connectivity index (χ4v) is 2.23. The van der Waals surface area contributed by atoms with Gasteiger partial charge >= 0.3 is 0 Å². The Labute approximate surface area is 119 Å². The number of hydrogen-bond acceptors (Lipinski definition) is 3. The maximum Gasteiger partial charge on any atom is 0.227 e. The number of anilines is 1. The summed E-state index contributed by atoms with van der Waals surface area (Å²) in [6.45, 7) is 3.05. The lowest BCUT2D eigenvalue weighted by molar-refractivity contribution is -0.118. The highest BCUT2D eigenvalue weighted by atomic mass is 16.5. The predicted octanol–water partition coefficient (Wildman–Crippen LogP) is 1.81. The van der Waals surface area contributed by atoms with Gasteiger partial charge in [0.05, 0.1) is 24.8 Å². The third-order valence-corrected chi connectivity index (χ3v) is 3.21. The van der Waals surface area contributed by atoms with E-state index in [4.69, 9.17) is 10.5 Å². The molecule has 2 rings (SSSR count). The number of nitrogens with one attached hydrogen (secondary N) is 1. The molecule has 4 nitrogen and oxygen atoms in total. The minimum absolute atomic E-state index is 0.0310. The molecule has 0 bridgehead atoms. The molecule has 1 heterocycles. The van der Waals surface area contributed by atoms with Crippen LogP contribution in [0.4, 0.5) is 5.69 Å². The van der Waals surface area contributed by atoms with Crippen molar-refractivity contribution >= 4 is 11.6 Å². The molecule has 106 valence electrons. The zero-order valence-corrected chi connectivity index (χ0v) is 11.7. The Kier molecular flexibility index (Phi) is 5.16. The molecule has 0 spiro atoms. The maximum absolute atomic E-state index is 12.0. The first-order valence-corrected chi connectivity index (χ1v) is 6.90. The number of amides is 1. The van der Waals surface area contributed by atoms with Crippen LogP contribution in [-0.4, -0.2) is 25.2 Å². The van der Waals surface area contributed by atoms with Gasteiger partial charge < -0.3 is 15.8 Å². The van der Waals surface area contributed by atoms with Crippen LogP contribution in [0.5, 0.6) is 0 Å². The van der Waals surface area contributed by atoms with Crippen molar-refractivity contribution in [3.63, 3.8) is 0 Å². The van der Waals surface area contributed by atoms with E-state index in [9.17, 15) is 4.79 Å². The van der Waals surface area contributed by atoms with E-state index < -0.39 is 0 Å². The zero-order valence-electron chi connectivity index (χ0n) is 11.7. The fourth-order valence-electron chi connectivity index (χ4n) is 2.23. The quantitative estimate of drug-likeness (QED) is 0.825. The minimum atomic E-state index is -0.0310. The minimum Gasteiger partial charge on any atom is -0.378 e. The number of ether oxygens (including phenoxy) is 1. The molecule has 0 radical (unpaired) electrons. The molecule has 1 aromatic rings. The summed E-state index contributed by atoms with van der Waals surface area (Å²) >= 11 is 0. The zero-order chi connectivity index (χ0) is 14.4. The molecule has 1 aliphatic rings. The van der Waals surface area contributed by atoms with Crippen molar-refractivity contribution in [2.45, 2.75) is 32.3 Å². The summed E-state index contributed by atoms with van der Waals surface area (Å²) < 4.78 is 5.47. The van der Waals surface area contributed by atoms with Gasteiger partial charge in [0.25, 0.3) is 0 Å². The van der Waals surface area contributed by atoms with Gasteiger partial charge in [0, 0.05) is 12.2 Å². The van der Waals surface area contributed by atoms with Crippen molar-refractivity contribution in [1.82, 2.24) is 0 Å². The van der Waals surface area contributed by atoms with Gasteiger partial charge in [-0.25, -0.2) is 0 Å². The number of hydrogen-bond donors (Lipinski definition) is 2. The second-order valence-corrected chi connectivity index (χ2v) is 4.94. The molecule has 1 atom stereocenters. The molecule has 1 amide bonds. The lowest BCUT2D eigenvalue weighted by atomic mass is 10.1. The van der Waals surface area contributed by atoms with Gasteiger partial charge in [-0.2, -0.15) is 0 Å². The van der Waals surface area contributed by atoms with E-state index in [1.165, 1.54) is 0 Å². The topological polar surface area (TPSA) is 64.3 Å². The predicted molar refractivity (Wildman–Crippen MR) is 79.3 cm³/mol. The van der Waals surface area contributed by atoms with Crippen molar-refractivity contribution < 1.29 is 9.53 Å². The van der Waals surface area contributed by atoms with Crippen molar-refractivity contribution in [1.29, 1.82) is 0 Å². The second-order valence-electron chi connectivity index (χ2n) is 4.94. The molecular weight excluding hydrogens is 252 g/mol. The Bertz CT molecular complexity index is 537. The van der Waals surface area contributed by atoms with Gasteiger partial charge in [0.1, 0.15) is 0 Å². The largest absolute Gasteiger partial charge is 0.378 e. The van der Waals surface area contributed by atoms with Gasteiger partial charge in [-0.15, -0.1) is 0 Å². The highest BCUT2D eigenvalue weighted by Gasteiger charge is 2.19. The van der Waals surface area contributed by atoms with Crippen LogP contribution in [-0.2, 0) is 9.53 Å². The molecule has 1 fully saturated rings. The highest BCUT2D eigenvalue weighted by Crippen LogP contribution is 2.19. The molecular formula is C16H20N2O2. The third kappa shape index (κ3) is 4.09. The summed E-state index contributed by atoms with van der Waals surface area (Å²) in [6, 6.07) is 5.78. The molecule has 1 aromatic carbocycles. The molecule has 0 aromatic heterocycles. The second kappa shape index (κ2) is 7.09. The summed E-state index contributed by atoms with van der Waals surface area (Å²) in [4.78, 5) is 12.0. The van der Waals surface area contributed by atoms with Gasteiger partial charge in [0.2, 0.25) is 5.91 Å². The number of rotatable bonds is 3. The Morgan fingerprint density at radius 3 is 3.10 bits per heavy atom. The standard InChI is InChI=1S/C16H20N2O2/c1-12-6-7-15(13(10-12)4-2-8-17)18-16(19)11-14-5-3-9-20-14/h6-7,10,14H,3,5,8-9,11,17H2,1H3,(H,18,19). The fraction of sp³-hybridized carbons (Fsp3) is 0.438. The number of benzene rings is 1. The first-order chi connectivity index (χ1) is 9.69. The smallest absolute Gasteiger partial charge is 0.227 e. The summed E-state index contributed by atoms with van der Waals surface area (Å²) in [6.07, 6.45) is 2.45. The van der Waals surface area contributed by atoms with Crippen LogP contribution >= 0.6 is 0 Å².